The molecule has 0 bridgehead atoms. The van der Waals surface area contributed by atoms with Gasteiger partial charge in [-0.05, 0) is 43.0 Å². The van der Waals surface area contributed by atoms with Crippen LogP contribution in [0.5, 0.6) is 11.5 Å². The fraction of sp³-hybridized carbons (Fsp3) is 0.158. The second-order valence-corrected chi connectivity index (χ2v) is 6.16. The van der Waals surface area contributed by atoms with Crippen LogP contribution in [0.2, 0.25) is 0 Å². The van der Waals surface area contributed by atoms with E-state index in [0.717, 1.165) is 11.8 Å². The van der Waals surface area contributed by atoms with Gasteiger partial charge < -0.3 is 9.47 Å². The van der Waals surface area contributed by atoms with E-state index in [4.69, 9.17) is 9.47 Å². The summed E-state index contributed by atoms with van der Waals surface area (Å²) in [4.78, 5) is 26.5. The highest BCUT2D eigenvalue weighted by Gasteiger charge is 2.36. The van der Waals surface area contributed by atoms with Gasteiger partial charge in [0.25, 0.3) is 11.1 Å². The van der Waals surface area contributed by atoms with Gasteiger partial charge in [0.05, 0.1) is 24.3 Å². The van der Waals surface area contributed by atoms with Crippen molar-refractivity contribution in [2.75, 3.05) is 18.6 Å². The zero-order valence-electron chi connectivity index (χ0n) is 13.9. The highest BCUT2D eigenvalue weighted by Crippen LogP contribution is 2.38. The van der Waals surface area contributed by atoms with E-state index in [-0.39, 0.29) is 11.1 Å². The maximum absolute atomic E-state index is 12.7. The number of hydrogen-bond acceptors (Lipinski definition) is 5. The fourth-order valence-electron chi connectivity index (χ4n) is 2.51. The third-order valence-electron chi connectivity index (χ3n) is 3.61. The second kappa shape index (κ2) is 7.44. The number of anilines is 1. The standard InChI is InChI=1S/C19H17NO4S/c1-3-24-17-13(8-7-11-15(17)23-2)12-16-18(21)20(19(22)25-16)14-9-5-4-6-10-14/h4-12H,3H2,1-2H3/b16-12-. The predicted molar refractivity (Wildman–Crippen MR) is 99.1 cm³/mol. The normalized spacial score (nSPS) is 15.8. The van der Waals surface area contributed by atoms with Crippen molar-refractivity contribution in [3.05, 3.63) is 59.0 Å². The molecule has 2 aromatic carbocycles. The Balaban J connectivity index is 1.98. The topological polar surface area (TPSA) is 55.8 Å². The van der Waals surface area contributed by atoms with Crippen LogP contribution in [-0.4, -0.2) is 24.9 Å². The number of imide groups is 1. The summed E-state index contributed by atoms with van der Waals surface area (Å²) in [5.74, 6) is 0.795. The van der Waals surface area contributed by atoms with Crippen LogP contribution in [0, 0.1) is 0 Å². The molecule has 6 heteroatoms. The number of carbonyl (C=O) groups is 2. The van der Waals surface area contributed by atoms with Gasteiger partial charge in [-0.2, -0.15) is 0 Å². The van der Waals surface area contributed by atoms with Crippen LogP contribution in [0.4, 0.5) is 10.5 Å². The van der Waals surface area contributed by atoms with E-state index in [0.29, 0.717) is 34.3 Å². The van der Waals surface area contributed by atoms with E-state index in [1.165, 1.54) is 4.90 Å². The number of ether oxygens (including phenoxy) is 2. The minimum absolute atomic E-state index is 0.316. The van der Waals surface area contributed by atoms with Gasteiger partial charge in [-0.1, -0.05) is 30.3 Å². The van der Waals surface area contributed by atoms with Crippen LogP contribution in [0.3, 0.4) is 0 Å². The largest absolute Gasteiger partial charge is 0.493 e. The van der Waals surface area contributed by atoms with E-state index in [1.54, 1.807) is 43.5 Å². The summed E-state index contributed by atoms with van der Waals surface area (Å²) >= 11 is 0.914. The van der Waals surface area contributed by atoms with Crippen LogP contribution >= 0.6 is 11.8 Å². The Bertz CT molecular complexity index is 833. The van der Waals surface area contributed by atoms with E-state index in [1.807, 2.05) is 25.1 Å². The van der Waals surface area contributed by atoms with Crippen molar-refractivity contribution in [3.8, 4) is 11.5 Å². The van der Waals surface area contributed by atoms with Crippen LogP contribution < -0.4 is 14.4 Å². The predicted octanol–water partition coefficient (Wildman–Crippen LogP) is 4.33. The van der Waals surface area contributed by atoms with Crippen molar-refractivity contribution < 1.29 is 19.1 Å². The van der Waals surface area contributed by atoms with Gasteiger partial charge in [-0.15, -0.1) is 0 Å². The summed E-state index contributed by atoms with van der Waals surface area (Å²) in [6.45, 7) is 2.34. The molecular formula is C19H17NO4S. The zero-order chi connectivity index (χ0) is 17.8. The van der Waals surface area contributed by atoms with E-state index >= 15 is 0 Å². The first kappa shape index (κ1) is 17.1. The quantitative estimate of drug-likeness (QED) is 0.747. The molecule has 3 rings (SSSR count). The number of rotatable bonds is 5. The molecule has 1 aliphatic rings. The third-order valence-corrected chi connectivity index (χ3v) is 4.48. The molecule has 5 nitrogen and oxygen atoms in total. The number of amides is 2. The number of methoxy groups -OCH3 is 1. The Kier molecular flexibility index (Phi) is 5.09. The lowest BCUT2D eigenvalue weighted by molar-refractivity contribution is -0.113. The molecule has 128 valence electrons. The highest BCUT2D eigenvalue weighted by atomic mass is 32.2. The van der Waals surface area contributed by atoms with Crippen molar-refractivity contribution >= 4 is 34.7 Å². The molecule has 0 aliphatic carbocycles. The first-order chi connectivity index (χ1) is 12.2. The average Bonchev–Trinajstić information content (AvgIpc) is 2.91. The van der Waals surface area contributed by atoms with Gasteiger partial charge in [-0.3, -0.25) is 9.59 Å². The maximum atomic E-state index is 12.7. The first-order valence-electron chi connectivity index (χ1n) is 7.78. The van der Waals surface area contributed by atoms with Crippen LogP contribution in [-0.2, 0) is 4.79 Å². The van der Waals surface area contributed by atoms with Gasteiger partial charge in [-0.25, -0.2) is 4.90 Å². The van der Waals surface area contributed by atoms with Crippen LogP contribution in [0.15, 0.2) is 53.4 Å². The molecule has 0 atom stereocenters. The average molecular weight is 355 g/mol. The summed E-state index contributed by atoms with van der Waals surface area (Å²) in [6, 6.07) is 14.3. The third kappa shape index (κ3) is 3.39. The molecule has 0 aromatic heterocycles. The second-order valence-electron chi connectivity index (χ2n) is 5.16. The lowest BCUT2D eigenvalue weighted by Gasteiger charge is -2.13. The maximum Gasteiger partial charge on any atom is 0.298 e. The Labute approximate surface area is 150 Å². The van der Waals surface area contributed by atoms with E-state index < -0.39 is 0 Å². The van der Waals surface area contributed by atoms with Crippen molar-refractivity contribution in [3.63, 3.8) is 0 Å². The SMILES string of the molecule is CCOc1c(/C=C2\SC(=O)N(c3ccccc3)C2=O)cccc1OC. The fourth-order valence-corrected chi connectivity index (χ4v) is 3.35. The molecule has 0 unspecified atom stereocenters. The van der Waals surface area contributed by atoms with Crippen molar-refractivity contribution in [2.24, 2.45) is 0 Å². The zero-order valence-corrected chi connectivity index (χ0v) is 14.7. The van der Waals surface area contributed by atoms with Gasteiger partial charge in [0.1, 0.15) is 0 Å². The van der Waals surface area contributed by atoms with Crippen LogP contribution in [0.1, 0.15) is 12.5 Å². The molecule has 2 amide bonds. The number of hydrogen-bond donors (Lipinski definition) is 0. The van der Waals surface area contributed by atoms with Crippen LogP contribution in [0.25, 0.3) is 6.08 Å². The molecule has 0 radical (unpaired) electrons. The van der Waals surface area contributed by atoms with Crippen molar-refractivity contribution in [1.29, 1.82) is 0 Å². The first-order valence-corrected chi connectivity index (χ1v) is 8.60. The smallest absolute Gasteiger partial charge is 0.298 e. The molecular weight excluding hydrogens is 338 g/mol. The Hall–Kier alpha value is -2.73. The molecule has 1 saturated heterocycles. The Morgan fingerprint density at radius 3 is 2.52 bits per heavy atom. The monoisotopic (exact) mass is 355 g/mol. The molecule has 1 fully saturated rings. The Morgan fingerprint density at radius 2 is 1.84 bits per heavy atom. The molecule has 1 aliphatic heterocycles. The van der Waals surface area contributed by atoms with Gasteiger partial charge in [0, 0.05) is 5.56 Å². The lowest BCUT2D eigenvalue weighted by atomic mass is 10.1. The molecule has 0 saturated carbocycles. The number of benzene rings is 2. The Morgan fingerprint density at radius 1 is 1.08 bits per heavy atom. The molecule has 1 heterocycles. The number of carbonyl (C=O) groups excluding carboxylic acids is 2. The van der Waals surface area contributed by atoms with E-state index in [9.17, 15) is 9.59 Å². The summed E-state index contributed by atoms with van der Waals surface area (Å²) < 4.78 is 11.0. The molecule has 2 aromatic rings. The molecule has 25 heavy (non-hydrogen) atoms. The summed E-state index contributed by atoms with van der Waals surface area (Å²) in [6.07, 6.45) is 1.67. The lowest BCUT2D eigenvalue weighted by Crippen LogP contribution is -2.27. The van der Waals surface area contributed by atoms with Crippen molar-refractivity contribution in [1.82, 2.24) is 0 Å². The number of para-hydroxylation sites is 2. The minimum atomic E-state index is -0.341. The number of nitrogens with zero attached hydrogens (tertiary/aromatic N) is 1. The summed E-state index contributed by atoms with van der Waals surface area (Å²) in [5, 5.41) is -0.316. The summed E-state index contributed by atoms with van der Waals surface area (Å²) in [5.41, 5.74) is 1.25. The van der Waals surface area contributed by atoms with Gasteiger partial charge >= 0.3 is 0 Å². The highest BCUT2D eigenvalue weighted by molar-refractivity contribution is 8.19. The minimum Gasteiger partial charge on any atom is -0.493 e. The van der Waals surface area contributed by atoms with Gasteiger partial charge in [0.2, 0.25) is 0 Å². The summed E-state index contributed by atoms with van der Waals surface area (Å²) in [7, 11) is 1.56. The number of thioether (sulfide) groups is 1. The van der Waals surface area contributed by atoms with Gasteiger partial charge in [0.15, 0.2) is 11.5 Å². The molecule has 0 N–H and O–H groups in total. The van der Waals surface area contributed by atoms with E-state index in [2.05, 4.69) is 0 Å². The molecule has 0 spiro atoms. The van der Waals surface area contributed by atoms with Crippen molar-refractivity contribution in [2.45, 2.75) is 6.92 Å².